The van der Waals surface area contributed by atoms with Crippen LogP contribution in [0.15, 0.2) is 30.3 Å². The van der Waals surface area contributed by atoms with Crippen LogP contribution in [0.1, 0.15) is 44.1 Å². The van der Waals surface area contributed by atoms with Crippen molar-refractivity contribution in [3.63, 3.8) is 0 Å². The number of rotatable bonds is 7. The molecule has 1 aromatic carbocycles. The van der Waals surface area contributed by atoms with Crippen molar-refractivity contribution < 1.29 is 26.7 Å². The third-order valence-electron chi connectivity index (χ3n) is 6.72. The fourth-order valence-electron chi connectivity index (χ4n) is 6.25. The topological polar surface area (TPSA) is 29.5 Å². The van der Waals surface area contributed by atoms with E-state index in [-0.39, 0.29) is 24.1 Å². The summed E-state index contributed by atoms with van der Waals surface area (Å²) in [5.41, 5.74) is 1.42. The van der Waals surface area contributed by atoms with Gasteiger partial charge in [-0.25, -0.2) is 0 Å². The molecule has 4 fully saturated rings. The van der Waals surface area contributed by atoms with E-state index in [0.717, 1.165) is 35.3 Å². The van der Waals surface area contributed by atoms with Crippen molar-refractivity contribution in [2.24, 2.45) is 17.8 Å². The average molecular weight is 380 g/mol. The van der Waals surface area contributed by atoms with Gasteiger partial charge >= 0.3 is 0 Å². The molecule has 5 rings (SSSR count). The third-order valence-corrected chi connectivity index (χ3v) is 6.72. The molecule has 0 spiro atoms. The summed E-state index contributed by atoms with van der Waals surface area (Å²) in [5, 5.41) is 10.6. The van der Waals surface area contributed by atoms with Crippen LogP contribution in [0.4, 0.5) is 0 Å². The normalized spacial score (nSPS) is 33.7. The summed E-state index contributed by atoms with van der Waals surface area (Å²) in [7, 11) is 4.39. The predicted molar refractivity (Wildman–Crippen MR) is 100.0 cm³/mol. The van der Waals surface area contributed by atoms with Crippen molar-refractivity contribution in [1.82, 2.24) is 0 Å². The highest BCUT2D eigenvalue weighted by atomic mass is 35.5. The van der Waals surface area contributed by atoms with Crippen molar-refractivity contribution in [2.45, 2.75) is 56.8 Å². The first-order valence-corrected chi connectivity index (χ1v) is 10.1. The Bertz CT molecular complexity index is 554. The van der Waals surface area contributed by atoms with E-state index >= 15 is 0 Å². The standard InChI is InChI=1S/C22H34NO2.ClH/c1-23(2,14-17-6-4-3-5-7-17)15-21(24)16-25-22-11-18-8-19(12-22)10-20(9-18)13-22;/h3-7,18-21,24H,8-16H2,1-2H3;1H/q+1;/p-1. The van der Waals surface area contributed by atoms with Gasteiger partial charge < -0.3 is 26.7 Å². The summed E-state index contributed by atoms with van der Waals surface area (Å²) in [6.45, 7) is 2.18. The van der Waals surface area contributed by atoms with Crippen LogP contribution < -0.4 is 12.4 Å². The number of aliphatic hydroxyl groups excluding tert-OH is 1. The molecule has 0 aliphatic heterocycles. The lowest BCUT2D eigenvalue weighted by molar-refractivity contribution is -0.906. The highest BCUT2D eigenvalue weighted by Gasteiger charge is 2.51. The summed E-state index contributed by atoms with van der Waals surface area (Å²) >= 11 is 0. The molecule has 3 nitrogen and oxygen atoms in total. The SMILES string of the molecule is C[N+](C)(Cc1ccccc1)CC(O)COC12CC3CC(CC(C3)C1)C2.[Cl-]. The summed E-state index contributed by atoms with van der Waals surface area (Å²) in [6, 6.07) is 10.6. The number of quaternary nitrogens is 1. The predicted octanol–water partition coefficient (Wildman–Crippen LogP) is 0.613. The van der Waals surface area contributed by atoms with Gasteiger partial charge in [-0.15, -0.1) is 0 Å². The van der Waals surface area contributed by atoms with Crippen LogP contribution in [0.3, 0.4) is 0 Å². The van der Waals surface area contributed by atoms with E-state index in [1.807, 2.05) is 0 Å². The Balaban J connectivity index is 0.00000196. The van der Waals surface area contributed by atoms with Gasteiger partial charge in [0.2, 0.25) is 0 Å². The second-order valence-corrected chi connectivity index (χ2v) is 9.83. The van der Waals surface area contributed by atoms with Crippen LogP contribution >= 0.6 is 0 Å². The van der Waals surface area contributed by atoms with Crippen LogP contribution in [0.5, 0.6) is 0 Å². The van der Waals surface area contributed by atoms with Gasteiger partial charge in [0.05, 0.1) is 26.3 Å². The zero-order valence-corrected chi connectivity index (χ0v) is 17.0. The maximum atomic E-state index is 10.6. The smallest absolute Gasteiger partial charge is 0.126 e. The number of halogens is 1. The summed E-state index contributed by atoms with van der Waals surface area (Å²) < 4.78 is 7.23. The minimum absolute atomic E-state index is 0. The minimum atomic E-state index is -0.383. The lowest BCUT2D eigenvalue weighted by Crippen LogP contribution is -3.00. The van der Waals surface area contributed by atoms with E-state index in [1.54, 1.807) is 0 Å². The van der Waals surface area contributed by atoms with Gasteiger partial charge in [-0.1, -0.05) is 30.3 Å². The summed E-state index contributed by atoms with van der Waals surface area (Å²) in [5.74, 6) is 2.69. The Kier molecular flexibility index (Phi) is 6.03. The largest absolute Gasteiger partial charge is 1.00 e. The number of hydrogen-bond acceptors (Lipinski definition) is 2. The monoisotopic (exact) mass is 379 g/mol. The lowest BCUT2D eigenvalue weighted by Gasteiger charge is -2.56. The molecule has 1 aromatic rings. The van der Waals surface area contributed by atoms with Crippen LogP contribution in [-0.4, -0.2) is 48.5 Å². The van der Waals surface area contributed by atoms with Gasteiger partial charge in [0.15, 0.2) is 0 Å². The first-order chi connectivity index (χ1) is 11.9. The number of likely N-dealkylation sites (N-methyl/N-ethyl adjacent to an activating group) is 1. The molecule has 4 aliphatic carbocycles. The molecule has 4 aliphatic rings. The highest BCUT2D eigenvalue weighted by molar-refractivity contribution is 5.13. The van der Waals surface area contributed by atoms with Gasteiger partial charge in [-0.2, -0.15) is 0 Å². The molecule has 4 heteroatoms. The van der Waals surface area contributed by atoms with Gasteiger partial charge in [0.1, 0.15) is 19.2 Å². The van der Waals surface area contributed by atoms with Crippen LogP contribution in [0, 0.1) is 17.8 Å². The first-order valence-electron chi connectivity index (χ1n) is 10.1. The fraction of sp³-hybridized carbons (Fsp3) is 0.727. The molecule has 146 valence electrons. The van der Waals surface area contributed by atoms with E-state index in [1.165, 1.54) is 44.1 Å². The average Bonchev–Trinajstić information content (AvgIpc) is 2.52. The van der Waals surface area contributed by atoms with Crippen molar-refractivity contribution >= 4 is 0 Å². The molecule has 4 bridgehead atoms. The van der Waals surface area contributed by atoms with E-state index in [0.29, 0.717) is 6.61 Å². The summed E-state index contributed by atoms with van der Waals surface area (Å²) in [4.78, 5) is 0. The van der Waals surface area contributed by atoms with Gasteiger partial charge in [-0.05, 0) is 56.3 Å². The number of aliphatic hydroxyl groups is 1. The fourth-order valence-corrected chi connectivity index (χ4v) is 6.25. The third kappa shape index (κ3) is 4.62. The molecule has 1 N–H and O–H groups in total. The molecule has 0 aromatic heterocycles. The molecular weight excluding hydrogens is 346 g/mol. The first kappa shape index (κ1) is 20.1. The molecular formula is C22H34ClNO2. The Morgan fingerprint density at radius 2 is 1.58 bits per heavy atom. The second-order valence-electron chi connectivity index (χ2n) is 9.83. The highest BCUT2D eigenvalue weighted by Crippen LogP contribution is 2.57. The van der Waals surface area contributed by atoms with Crippen molar-refractivity contribution in [3.05, 3.63) is 35.9 Å². The number of nitrogens with zero attached hydrogens (tertiary/aromatic N) is 1. The maximum absolute atomic E-state index is 10.6. The maximum Gasteiger partial charge on any atom is 0.126 e. The number of ether oxygens (including phenoxy) is 1. The summed E-state index contributed by atoms with van der Waals surface area (Å²) in [6.07, 6.45) is 7.66. The van der Waals surface area contributed by atoms with Gasteiger partial charge in [-0.3, -0.25) is 0 Å². The quantitative estimate of drug-likeness (QED) is 0.703. The Morgan fingerprint density at radius 1 is 1.04 bits per heavy atom. The zero-order chi connectivity index (χ0) is 17.5. The number of benzene rings is 1. The minimum Gasteiger partial charge on any atom is -1.00 e. The molecule has 26 heavy (non-hydrogen) atoms. The van der Waals surface area contributed by atoms with Crippen LogP contribution in [0.25, 0.3) is 0 Å². The van der Waals surface area contributed by atoms with Crippen LogP contribution in [0.2, 0.25) is 0 Å². The molecule has 1 atom stereocenters. The van der Waals surface area contributed by atoms with E-state index in [2.05, 4.69) is 44.4 Å². The Labute approximate surface area is 164 Å². The van der Waals surface area contributed by atoms with Gasteiger partial charge in [0, 0.05) is 5.56 Å². The van der Waals surface area contributed by atoms with E-state index < -0.39 is 0 Å². The van der Waals surface area contributed by atoms with E-state index in [9.17, 15) is 5.11 Å². The molecule has 0 saturated heterocycles. The van der Waals surface area contributed by atoms with Gasteiger partial charge in [0.25, 0.3) is 0 Å². The second kappa shape index (κ2) is 7.79. The van der Waals surface area contributed by atoms with Crippen LogP contribution in [-0.2, 0) is 11.3 Å². The van der Waals surface area contributed by atoms with Crippen molar-refractivity contribution in [1.29, 1.82) is 0 Å². The molecule has 4 saturated carbocycles. The number of hydrogen-bond donors (Lipinski definition) is 1. The Morgan fingerprint density at radius 3 is 2.12 bits per heavy atom. The molecule has 1 unspecified atom stereocenters. The van der Waals surface area contributed by atoms with E-state index in [4.69, 9.17) is 4.74 Å². The molecule has 0 radical (unpaired) electrons. The molecule has 0 heterocycles. The van der Waals surface area contributed by atoms with Crippen molar-refractivity contribution in [2.75, 3.05) is 27.2 Å². The molecule has 0 amide bonds. The lowest BCUT2D eigenvalue weighted by atomic mass is 9.54. The Hall–Kier alpha value is -0.610. The zero-order valence-electron chi connectivity index (χ0n) is 16.2. The van der Waals surface area contributed by atoms with Crippen molar-refractivity contribution in [3.8, 4) is 0 Å².